The molecule has 0 atom stereocenters. The van der Waals surface area contributed by atoms with Crippen molar-refractivity contribution >= 4 is 55.1 Å². The molecule has 0 nitrogen and oxygen atoms in total. The van der Waals surface area contributed by atoms with E-state index in [0.29, 0.717) is 15.4 Å². The number of rotatable bonds is 1. The van der Waals surface area contributed by atoms with Gasteiger partial charge < -0.3 is 0 Å². The zero-order valence-corrected chi connectivity index (χ0v) is 10.1. The average molecular weight is 319 g/mol. The second-order valence-corrected chi connectivity index (χ2v) is 4.26. The second-order valence-electron chi connectivity index (χ2n) is 1.99. The molecule has 0 heterocycles. The molecule has 1 rings (SSSR count). The number of halogens is 4. The fraction of sp³-hybridized carbons (Fsp3) is 0.143. The van der Waals surface area contributed by atoms with Gasteiger partial charge in [0.2, 0.25) is 0 Å². The van der Waals surface area contributed by atoms with Crippen LogP contribution in [0.4, 0.5) is 0 Å². The van der Waals surface area contributed by atoms with Crippen molar-refractivity contribution in [1.82, 2.24) is 0 Å². The first-order chi connectivity index (χ1) is 5.15. The molecule has 0 aromatic heterocycles. The summed E-state index contributed by atoms with van der Waals surface area (Å²) in [6, 6.07) is 3.71. The normalized spacial score (nSPS) is 10.2. The first-order valence-corrected chi connectivity index (χ1v) is 5.51. The summed E-state index contributed by atoms with van der Waals surface area (Å²) in [6.07, 6.45) is 0. The summed E-state index contributed by atoms with van der Waals surface area (Å²) in [4.78, 5) is 0. The first-order valence-electron chi connectivity index (χ1n) is 2.84. The third kappa shape index (κ3) is 2.35. The van der Waals surface area contributed by atoms with E-state index in [-0.39, 0.29) is 0 Å². The Morgan fingerprint density at radius 3 is 2.45 bits per heavy atom. The maximum Gasteiger partial charge on any atom is 0.0633 e. The van der Waals surface area contributed by atoms with Gasteiger partial charge in [0.25, 0.3) is 0 Å². The van der Waals surface area contributed by atoms with Gasteiger partial charge in [-0.05, 0) is 17.7 Å². The largest absolute Gasteiger partial charge is 0.0876 e. The van der Waals surface area contributed by atoms with Crippen LogP contribution in [0, 0.1) is 0 Å². The molecule has 60 valence electrons. The van der Waals surface area contributed by atoms with E-state index in [9.17, 15) is 0 Å². The third-order valence-corrected chi connectivity index (χ3v) is 3.12. The van der Waals surface area contributed by atoms with Gasteiger partial charge in [0, 0.05) is 9.80 Å². The zero-order chi connectivity index (χ0) is 8.43. The number of hydrogen-bond acceptors (Lipinski definition) is 0. The van der Waals surface area contributed by atoms with Crippen molar-refractivity contribution in [3.8, 4) is 0 Å². The fourth-order valence-electron chi connectivity index (χ4n) is 0.707. The monoisotopic (exact) mass is 316 g/mol. The Bertz CT molecular complexity index is 273. The average Bonchev–Trinajstić information content (AvgIpc) is 1.96. The van der Waals surface area contributed by atoms with Crippen LogP contribution in [-0.4, -0.2) is 0 Å². The fourth-order valence-corrected chi connectivity index (χ4v) is 2.36. The summed E-state index contributed by atoms with van der Waals surface area (Å²) in [5, 5.41) is 1.91. The Kier molecular flexibility index (Phi) is 3.69. The molecule has 0 aliphatic carbocycles. The summed E-state index contributed by atoms with van der Waals surface area (Å²) in [6.45, 7) is 0. The molecule has 0 radical (unpaired) electrons. The van der Waals surface area contributed by atoms with Crippen LogP contribution in [0.5, 0.6) is 0 Å². The maximum atomic E-state index is 5.88. The standard InChI is InChI=1S/C7H4Br2Cl2/c8-3-4-1-5(9)2-6(10)7(4)11/h1-2H,3H2. The van der Waals surface area contributed by atoms with Gasteiger partial charge in [-0.3, -0.25) is 0 Å². The topological polar surface area (TPSA) is 0 Å². The van der Waals surface area contributed by atoms with Gasteiger partial charge in [-0.15, -0.1) is 0 Å². The van der Waals surface area contributed by atoms with E-state index in [2.05, 4.69) is 31.9 Å². The Morgan fingerprint density at radius 1 is 1.27 bits per heavy atom. The lowest BCUT2D eigenvalue weighted by atomic mass is 10.2. The first kappa shape index (κ1) is 9.85. The van der Waals surface area contributed by atoms with Gasteiger partial charge in [-0.1, -0.05) is 55.1 Å². The lowest BCUT2D eigenvalue weighted by molar-refractivity contribution is 1.42. The van der Waals surface area contributed by atoms with E-state index in [4.69, 9.17) is 23.2 Å². The Labute approximate surface area is 92.1 Å². The number of hydrogen-bond donors (Lipinski definition) is 0. The smallest absolute Gasteiger partial charge is 0.0633 e. The number of alkyl halides is 1. The lowest BCUT2D eigenvalue weighted by Crippen LogP contribution is -1.80. The maximum absolute atomic E-state index is 5.88. The minimum atomic E-state index is 0.579. The molecule has 0 unspecified atom stereocenters. The molecule has 1 aromatic rings. The van der Waals surface area contributed by atoms with Crippen molar-refractivity contribution in [2.45, 2.75) is 5.33 Å². The molecule has 0 amide bonds. The van der Waals surface area contributed by atoms with Crippen LogP contribution < -0.4 is 0 Å². The molecule has 0 N–H and O–H groups in total. The molecule has 4 heteroatoms. The molecular formula is C7H4Br2Cl2. The zero-order valence-electron chi connectivity index (χ0n) is 5.37. The molecule has 1 aromatic carbocycles. The quantitative estimate of drug-likeness (QED) is 0.522. The highest BCUT2D eigenvalue weighted by atomic mass is 79.9. The van der Waals surface area contributed by atoms with E-state index in [1.165, 1.54) is 0 Å². The van der Waals surface area contributed by atoms with Crippen LogP contribution in [0.25, 0.3) is 0 Å². The van der Waals surface area contributed by atoms with Gasteiger partial charge in [-0.25, -0.2) is 0 Å². The highest BCUT2D eigenvalue weighted by Gasteiger charge is 2.04. The van der Waals surface area contributed by atoms with Gasteiger partial charge in [-0.2, -0.15) is 0 Å². The third-order valence-electron chi connectivity index (χ3n) is 1.21. The predicted octanol–water partition coefficient (Wildman–Crippen LogP) is 4.65. The highest BCUT2D eigenvalue weighted by molar-refractivity contribution is 9.10. The van der Waals surface area contributed by atoms with Crippen LogP contribution in [0.1, 0.15) is 5.56 Å². The van der Waals surface area contributed by atoms with Crippen molar-refractivity contribution in [3.05, 3.63) is 32.2 Å². The van der Waals surface area contributed by atoms with Crippen LogP contribution in [0.2, 0.25) is 10.0 Å². The highest BCUT2D eigenvalue weighted by Crippen LogP contribution is 2.30. The molecule has 0 fully saturated rings. The van der Waals surface area contributed by atoms with Gasteiger partial charge in [0.1, 0.15) is 0 Å². The van der Waals surface area contributed by atoms with E-state index < -0.39 is 0 Å². The van der Waals surface area contributed by atoms with Crippen LogP contribution in [0.3, 0.4) is 0 Å². The molecule has 0 saturated carbocycles. The van der Waals surface area contributed by atoms with E-state index >= 15 is 0 Å². The van der Waals surface area contributed by atoms with Crippen molar-refractivity contribution in [1.29, 1.82) is 0 Å². The Hall–Kier alpha value is 0.760. The van der Waals surface area contributed by atoms with E-state index in [0.717, 1.165) is 10.0 Å². The predicted molar refractivity (Wildman–Crippen MR) is 56.8 cm³/mol. The summed E-state index contributed by atoms with van der Waals surface area (Å²) in [5.74, 6) is 0. The van der Waals surface area contributed by atoms with Crippen molar-refractivity contribution < 1.29 is 0 Å². The molecule has 0 bridgehead atoms. The van der Waals surface area contributed by atoms with Gasteiger partial charge in [0.15, 0.2) is 0 Å². The Morgan fingerprint density at radius 2 is 1.91 bits per heavy atom. The Balaban J connectivity index is 3.24. The molecular weight excluding hydrogens is 315 g/mol. The van der Waals surface area contributed by atoms with Gasteiger partial charge in [0.05, 0.1) is 10.0 Å². The second kappa shape index (κ2) is 4.13. The number of benzene rings is 1. The van der Waals surface area contributed by atoms with Crippen molar-refractivity contribution in [2.24, 2.45) is 0 Å². The minimum absolute atomic E-state index is 0.579. The minimum Gasteiger partial charge on any atom is -0.0876 e. The van der Waals surface area contributed by atoms with Crippen LogP contribution in [0.15, 0.2) is 16.6 Å². The SMILES string of the molecule is Clc1cc(Br)cc(CBr)c1Cl. The van der Waals surface area contributed by atoms with Crippen LogP contribution >= 0.6 is 55.1 Å². The lowest BCUT2D eigenvalue weighted by Gasteiger charge is -2.02. The summed E-state index contributed by atoms with van der Waals surface area (Å²) >= 11 is 18.3. The summed E-state index contributed by atoms with van der Waals surface area (Å²) in [5.41, 5.74) is 0.992. The molecule has 0 aliphatic heterocycles. The summed E-state index contributed by atoms with van der Waals surface area (Å²) in [7, 11) is 0. The summed E-state index contributed by atoms with van der Waals surface area (Å²) < 4.78 is 0.946. The molecule has 0 spiro atoms. The van der Waals surface area contributed by atoms with E-state index in [1.54, 1.807) is 6.07 Å². The van der Waals surface area contributed by atoms with Gasteiger partial charge >= 0.3 is 0 Å². The molecule has 0 saturated heterocycles. The molecule has 0 aliphatic rings. The molecule has 11 heavy (non-hydrogen) atoms. The van der Waals surface area contributed by atoms with Crippen molar-refractivity contribution in [3.63, 3.8) is 0 Å². The van der Waals surface area contributed by atoms with E-state index in [1.807, 2.05) is 6.07 Å². The van der Waals surface area contributed by atoms with Crippen molar-refractivity contribution in [2.75, 3.05) is 0 Å². The van der Waals surface area contributed by atoms with Crippen LogP contribution in [-0.2, 0) is 5.33 Å².